The van der Waals surface area contributed by atoms with Crippen molar-refractivity contribution in [2.45, 2.75) is 32.4 Å². The van der Waals surface area contributed by atoms with Crippen LogP contribution in [0.2, 0.25) is 5.02 Å². The number of amides is 1. The fraction of sp³-hybridized carbons (Fsp3) is 0.533. The summed E-state index contributed by atoms with van der Waals surface area (Å²) < 4.78 is 5.01. The van der Waals surface area contributed by atoms with Crippen LogP contribution in [0.15, 0.2) is 24.3 Å². The number of likely N-dealkylation sites (tertiary alicyclic amines) is 1. The van der Waals surface area contributed by atoms with Crippen LogP contribution < -0.4 is 5.32 Å². The van der Waals surface area contributed by atoms with Gasteiger partial charge < -0.3 is 15.0 Å². The molecule has 1 aromatic rings. The molecule has 1 N–H and O–H groups in total. The number of benzene rings is 1. The normalized spacial score (nSPS) is 16.2. The van der Waals surface area contributed by atoms with Gasteiger partial charge in [0.1, 0.15) is 0 Å². The number of piperidine rings is 1. The van der Waals surface area contributed by atoms with Gasteiger partial charge in [-0.2, -0.15) is 0 Å². The van der Waals surface area contributed by atoms with E-state index in [1.165, 1.54) is 0 Å². The molecule has 1 heterocycles. The molecule has 0 saturated carbocycles. The van der Waals surface area contributed by atoms with Gasteiger partial charge >= 0.3 is 6.09 Å². The van der Waals surface area contributed by atoms with E-state index in [4.69, 9.17) is 16.3 Å². The summed E-state index contributed by atoms with van der Waals surface area (Å²) in [6.45, 7) is 4.53. The number of hydrogen-bond donors (Lipinski definition) is 1. The number of rotatable bonds is 4. The van der Waals surface area contributed by atoms with Crippen molar-refractivity contribution in [2.24, 2.45) is 0 Å². The summed E-state index contributed by atoms with van der Waals surface area (Å²) in [5, 5.41) is 4.30. The molecule has 1 saturated heterocycles. The number of nitrogens with zero attached hydrogens (tertiary/aromatic N) is 1. The molecule has 110 valence electrons. The Morgan fingerprint density at radius 1 is 1.40 bits per heavy atom. The minimum atomic E-state index is -0.197. The summed E-state index contributed by atoms with van der Waals surface area (Å²) in [7, 11) is 0. The van der Waals surface area contributed by atoms with Gasteiger partial charge in [-0.15, -0.1) is 0 Å². The zero-order valence-corrected chi connectivity index (χ0v) is 12.5. The number of ether oxygens (including phenoxy) is 1. The summed E-state index contributed by atoms with van der Waals surface area (Å²) in [6, 6.07) is 8.29. The minimum Gasteiger partial charge on any atom is -0.450 e. The Morgan fingerprint density at radius 2 is 2.10 bits per heavy atom. The largest absolute Gasteiger partial charge is 0.450 e. The standard InChI is InChI=1S/C15H21ClN2O2/c1-2-20-15(19)18-9-7-13(8-10-18)17-11-12-5-3-4-6-14(12)16/h3-6,13,17H,2,7-11H2,1H3. The first kappa shape index (κ1) is 15.1. The molecule has 1 aliphatic rings. The third-order valence-corrected chi connectivity index (χ3v) is 3.93. The first-order valence-corrected chi connectivity index (χ1v) is 7.47. The van der Waals surface area contributed by atoms with E-state index in [0.717, 1.165) is 43.1 Å². The van der Waals surface area contributed by atoms with Crippen molar-refractivity contribution < 1.29 is 9.53 Å². The predicted octanol–water partition coefficient (Wildman–Crippen LogP) is 3.05. The second-order valence-corrected chi connectivity index (χ2v) is 5.34. The van der Waals surface area contributed by atoms with Crippen molar-refractivity contribution >= 4 is 17.7 Å². The van der Waals surface area contributed by atoms with E-state index in [-0.39, 0.29) is 6.09 Å². The molecule has 1 fully saturated rings. The summed E-state index contributed by atoms with van der Waals surface area (Å²) in [4.78, 5) is 13.4. The van der Waals surface area contributed by atoms with Crippen LogP contribution in [0, 0.1) is 0 Å². The van der Waals surface area contributed by atoms with Crippen molar-refractivity contribution in [1.82, 2.24) is 10.2 Å². The molecule has 4 nitrogen and oxygen atoms in total. The lowest BCUT2D eigenvalue weighted by molar-refractivity contribution is 0.0950. The Kier molecular flexibility index (Phi) is 5.68. The van der Waals surface area contributed by atoms with Gasteiger partial charge in [0, 0.05) is 30.7 Å². The lowest BCUT2D eigenvalue weighted by Gasteiger charge is -2.31. The molecule has 0 radical (unpaired) electrons. The smallest absolute Gasteiger partial charge is 0.409 e. The summed E-state index contributed by atoms with van der Waals surface area (Å²) in [5.74, 6) is 0. The summed E-state index contributed by atoms with van der Waals surface area (Å²) in [6.07, 6.45) is 1.70. The van der Waals surface area contributed by atoms with Gasteiger partial charge in [-0.1, -0.05) is 29.8 Å². The van der Waals surface area contributed by atoms with E-state index in [1.54, 1.807) is 4.90 Å². The maximum absolute atomic E-state index is 11.6. The number of hydrogen-bond acceptors (Lipinski definition) is 3. The number of carbonyl (C=O) groups excluding carboxylic acids is 1. The Hall–Kier alpha value is -1.26. The quantitative estimate of drug-likeness (QED) is 0.928. The molecule has 0 aliphatic carbocycles. The number of carbonyl (C=O) groups is 1. The molecule has 20 heavy (non-hydrogen) atoms. The maximum atomic E-state index is 11.6. The second-order valence-electron chi connectivity index (χ2n) is 4.93. The van der Waals surface area contributed by atoms with Crippen molar-refractivity contribution in [3.05, 3.63) is 34.9 Å². The van der Waals surface area contributed by atoms with Crippen LogP contribution in [0.25, 0.3) is 0 Å². The van der Waals surface area contributed by atoms with Crippen molar-refractivity contribution in [3.8, 4) is 0 Å². The highest BCUT2D eigenvalue weighted by atomic mass is 35.5. The first-order chi connectivity index (χ1) is 9.70. The van der Waals surface area contributed by atoms with Crippen molar-refractivity contribution in [2.75, 3.05) is 19.7 Å². The SMILES string of the molecule is CCOC(=O)N1CCC(NCc2ccccc2Cl)CC1. The molecule has 2 rings (SSSR count). The topological polar surface area (TPSA) is 41.6 Å². The average molecular weight is 297 g/mol. The predicted molar refractivity (Wildman–Crippen MR) is 79.9 cm³/mol. The van der Waals surface area contributed by atoms with Gasteiger partial charge in [0.05, 0.1) is 6.61 Å². The average Bonchev–Trinajstić information content (AvgIpc) is 2.47. The fourth-order valence-corrected chi connectivity index (χ4v) is 2.58. The third kappa shape index (κ3) is 4.12. The summed E-state index contributed by atoms with van der Waals surface area (Å²) >= 11 is 6.13. The molecular formula is C15H21ClN2O2. The molecule has 0 unspecified atom stereocenters. The Balaban J connectivity index is 1.75. The van der Waals surface area contributed by atoms with Gasteiger partial charge in [-0.3, -0.25) is 0 Å². The van der Waals surface area contributed by atoms with Crippen LogP contribution in [0.4, 0.5) is 4.79 Å². The van der Waals surface area contributed by atoms with Crippen molar-refractivity contribution in [1.29, 1.82) is 0 Å². The molecule has 0 aromatic heterocycles. The molecule has 1 amide bonds. The van der Waals surface area contributed by atoms with Crippen LogP contribution in [0.1, 0.15) is 25.3 Å². The van der Waals surface area contributed by atoms with Crippen LogP contribution in [-0.2, 0) is 11.3 Å². The molecule has 0 atom stereocenters. The van der Waals surface area contributed by atoms with E-state index in [1.807, 2.05) is 31.2 Å². The zero-order valence-electron chi connectivity index (χ0n) is 11.8. The highest BCUT2D eigenvalue weighted by Gasteiger charge is 2.23. The molecule has 0 bridgehead atoms. The Labute approximate surface area is 125 Å². The van der Waals surface area contributed by atoms with E-state index in [2.05, 4.69) is 5.32 Å². The Bertz CT molecular complexity index is 445. The lowest BCUT2D eigenvalue weighted by atomic mass is 10.0. The molecule has 1 aliphatic heterocycles. The minimum absolute atomic E-state index is 0.197. The third-order valence-electron chi connectivity index (χ3n) is 3.56. The Morgan fingerprint density at radius 3 is 2.75 bits per heavy atom. The van der Waals surface area contributed by atoms with Gasteiger partial charge in [-0.05, 0) is 31.4 Å². The molecular weight excluding hydrogens is 276 g/mol. The fourth-order valence-electron chi connectivity index (χ4n) is 2.38. The van der Waals surface area contributed by atoms with E-state index < -0.39 is 0 Å². The number of nitrogens with one attached hydrogen (secondary N) is 1. The zero-order chi connectivity index (χ0) is 14.4. The molecule has 1 aromatic carbocycles. The monoisotopic (exact) mass is 296 g/mol. The van der Waals surface area contributed by atoms with Crippen LogP contribution >= 0.6 is 11.6 Å². The van der Waals surface area contributed by atoms with E-state index in [0.29, 0.717) is 12.6 Å². The lowest BCUT2D eigenvalue weighted by Crippen LogP contribution is -2.44. The molecule has 5 heteroatoms. The highest BCUT2D eigenvalue weighted by molar-refractivity contribution is 6.31. The van der Waals surface area contributed by atoms with Crippen molar-refractivity contribution in [3.63, 3.8) is 0 Å². The maximum Gasteiger partial charge on any atom is 0.409 e. The van der Waals surface area contributed by atoms with Crippen LogP contribution in [0.5, 0.6) is 0 Å². The second kappa shape index (κ2) is 7.50. The first-order valence-electron chi connectivity index (χ1n) is 7.09. The van der Waals surface area contributed by atoms with E-state index >= 15 is 0 Å². The highest BCUT2D eigenvalue weighted by Crippen LogP contribution is 2.16. The van der Waals surface area contributed by atoms with Gasteiger partial charge in [0.15, 0.2) is 0 Å². The molecule has 0 spiro atoms. The van der Waals surface area contributed by atoms with Gasteiger partial charge in [0.2, 0.25) is 0 Å². The number of halogens is 1. The van der Waals surface area contributed by atoms with Gasteiger partial charge in [0.25, 0.3) is 0 Å². The van der Waals surface area contributed by atoms with E-state index in [9.17, 15) is 4.79 Å². The summed E-state index contributed by atoms with van der Waals surface area (Å²) in [5.41, 5.74) is 1.11. The van der Waals surface area contributed by atoms with Crippen LogP contribution in [-0.4, -0.2) is 36.7 Å². The van der Waals surface area contributed by atoms with Gasteiger partial charge in [-0.25, -0.2) is 4.79 Å². The van der Waals surface area contributed by atoms with Crippen LogP contribution in [0.3, 0.4) is 0 Å².